The average molecular weight is 267 g/mol. The number of hydrogen-bond acceptors (Lipinski definition) is 2. The Morgan fingerprint density at radius 3 is 3.07 bits per heavy atom. The van der Waals surface area contributed by atoms with Crippen molar-refractivity contribution in [1.82, 2.24) is 9.38 Å². The summed E-state index contributed by atoms with van der Waals surface area (Å²) >= 11 is 5.17. The van der Waals surface area contributed by atoms with Crippen LogP contribution in [0.4, 0.5) is 0 Å². The van der Waals surface area contributed by atoms with Crippen LogP contribution in [0.2, 0.25) is 0 Å². The van der Waals surface area contributed by atoms with Crippen LogP contribution >= 0.6 is 27.3 Å². The van der Waals surface area contributed by atoms with Gasteiger partial charge in [0.15, 0.2) is 4.96 Å². The van der Waals surface area contributed by atoms with Crippen LogP contribution in [0.25, 0.3) is 16.0 Å². The minimum Gasteiger partial charge on any atom is -0.286 e. The van der Waals surface area contributed by atoms with Gasteiger partial charge in [-0.1, -0.05) is 28.1 Å². The third kappa shape index (κ3) is 1.04. The van der Waals surface area contributed by atoms with Crippen molar-refractivity contribution in [2.24, 2.45) is 0 Å². The van der Waals surface area contributed by atoms with Crippen molar-refractivity contribution >= 4 is 43.3 Å². The predicted octanol–water partition coefficient (Wildman–Crippen LogP) is 3.44. The molecule has 2 aromatic heterocycles. The fraction of sp³-hybridized carbons (Fsp3) is 0.100. The molecule has 0 radical (unpaired) electrons. The summed E-state index contributed by atoms with van der Waals surface area (Å²) in [7, 11) is 0. The van der Waals surface area contributed by atoms with E-state index >= 15 is 0 Å². The number of benzene rings is 1. The summed E-state index contributed by atoms with van der Waals surface area (Å²) in [5.41, 5.74) is 3.53. The van der Waals surface area contributed by atoms with E-state index in [0.29, 0.717) is 0 Å². The highest BCUT2D eigenvalue weighted by Crippen LogP contribution is 2.24. The second kappa shape index (κ2) is 3.07. The van der Waals surface area contributed by atoms with Gasteiger partial charge in [-0.05, 0) is 12.1 Å². The first-order valence-corrected chi connectivity index (χ1v) is 6.30. The Kier molecular flexibility index (Phi) is 1.85. The van der Waals surface area contributed by atoms with Crippen LogP contribution in [0.3, 0.4) is 0 Å². The average Bonchev–Trinajstić information content (AvgIpc) is 2.75. The summed E-state index contributed by atoms with van der Waals surface area (Å²) in [6.45, 7) is 0. The monoisotopic (exact) mass is 266 g/mol. The summed E-state index contributed by atoms with van der Waals surface area (Å²) in [4.78, 5) is 5.61. The molecular weight excluding hydrogens is 260 g/mol. The second-order valence-corrected chi connectivity index (χ2v) is 4.48. The van der Waals surface area contributed by atoms with E-state index in [1.807, 2.05) is 18.2 Å². The standard InChI is InChI=1S/C10H7BrN2S/c11-5-7-6-14-10-12-8-3-1-2-4-9(8)13(7)10/h1-4,6H,5H2. The third-order valence-corrected chi connectivity index (χ3v) is 3.70. The molecule has 0 atom stereocenters. The van der Waals surface area contributed by atoms with Gasteiger partial charge in [0, 0.05) is 16.4 Å². The molecule has 0 bridgehead atoms. The number of halogens is 1. The number of fused-ring (bicyclic) bond motifs is 3. The maximum absolute atomic E-state index is 4.54. The summed E-state index contributed by atoms with van der Waals surface area (Å²) in [6.07, 6.45) is 0. The van der Waals surface area contributed by atoms with Crippen LogP contribution < -0.4 is 0 Å². The van der Waals surface area contributed by atoms with E-state index in [9.17, 15) is 0 Å². The van der Waals surface area contributed by atoms with E-state index in [-0.39, 0.29) is 0 Å². The highest BCUT2D eigenvalue weighted by Gasteiger charge is 2.08. The molecule has 0 amide bonds. The minimum absolute atomic E-state index is 0.868. The number of para-hydroxylation sites is 2. The van der Waals surface area contributed by atoms with E-state index in [1.54, 1.807) is 11.3 Å². The van der Waals surface area contributed by atoms with Crippen molar-refractivity contribution in [3.05, 3.63) is 35.3 Å². The fourth-order valence-electron chi connectivity index (χ4n) is 1.63. The maximum Gasteiger partial charge on any atom is 0.194 e. The molecule has 3 rings (SSSR count). The Morgan fingerprint density at radius 1 is 1.36 bits per heavy atom. The molecule has 2 heterocycles. The number of aromatic nitrogens is 2. The summed E-state index contributed by atoms with van der Waals surface area (Å²) in [5.74, 6) is 0. The zero-order valence-corrected chi connectivity index (χ0v) is 9.68. The lowest BCUT2D eigenvalue weighted by molar-refractivity contribution is 1.16. The van der Waals surface area contributed by atoms with Crippen LogP contribution in [-0.2, 0) is 5.33 Å². The lowest BCUT2D eigenvalue weighted by Gasteiger charge is -1.94. The largest absolute Gasteiger partial charge is 0.286 e. The number of alkyl halides is 1. The van der Waals surface area contributed by atoms with Gasteiger partial charge in [0.05, 0.1) is 11.0 Å². The smallest absolute Gasteiger partial charge is 0.194 e. The summed E-state index contributed by atoms with van der Waals surface area (Å²) in [5, 5.41) is 3.01. The summed E-state index contributed by atoms with van der Waals surface area (Å²) in [6, 6.07) is 8.22. The number of nitrogens with zero attached hydrogens (tertiary/aromatic N) is 2. The van der Waals surface area contributed by atoms with E-state index < -0.39 is 0 Å². The van der Waals surface area contributed by atoms with Crippen molar-refractivity contribution in [2.75, 3.05) is 0 Å². The predicted molar refractivity (Wildman–Crippen MR) is 63.2 cm³/mol. The zero-order valence-electron chi connectivity index (χ0n) is 7.27. The Morgan fingerprint density at radius 2 is 2.21 bits per heavy atom. The van der Waals surface area contributed by atoms with E-state index in [2.05, 4.69) is 36.8 Å². The molecule has 0 N–H and O–H groups in total. The first-order chi connectivity index (χ1) is 6.90. The van der Waals surface area contributed by atoms with Crippen molar-refractivity contribution in [3.8, 4) is 0 Å². The van der Waals surface area contributed by atoms with Gasteiger partial charge in [-0.15, -0.1) is 11.3 Å². The number of thiazole rings is 1. The molecule has 70 valence electrons. The van der Waals surface area contributed by atoms with Crippen LogP contribution in [0.5, 0.6) is 0 Å². The van der Waals surface area contributed by atoms with Crippen LogP contribution in [0.1, 0.15) is 5.69 Å². The zero-order chi connectivity index (χ0) is 9.54. The van der Waals surface area contributed by atoms with Gasteiger partial charge in [0.1, 0.15) is 0 Å². The Bertz CT molecular complexity index is 596. The van der Waals surface area contributed by atoms with Crippen LogP contribution in [0, 0.1) is 0 Å². The van der Waals surface area contributed by atoms with Gasteiger partial charge in [-0.3, -0.25) is 4.40 Å². The summed E-state index contributed by atoms with van der Waals surface area (Å²) < 4.78 is 2.20. The molecule has 3 aromatic rings. The second-order valence-electron chi connectivity index (χ2n) is 3.08. The molecule has 0 saturated heterocycles. The number of rotatable bonds is 1. The molecule has 0 unspecified atom stereocenters. The van der Waals surface area contributed by atoms with Crippen molar-refractivity contribution in [3.63, 3.8) is 0 Å². The molecule has 2 nitrogen and oxygen atoms in total. The minimum atomic E-state index is 0.868. The molecule has 14 heavy (non-hydrogen) atoms. The van der Waals surface area contributed by atoms with E-state index in [4.69, 9.17) is 0 Å². The molecule has 1 aromatic carbocycles. The van der Waals surface area contributed by atoms with Gasteiger partial charge in [0.2, 0.25) is 0 Å². The molecule has 0 fully saturated rings. The third-order valence-electron chi connectivity index (χ3n) is 2.25. The molecule has 4 heteroatoms. The number of imidazole rings is 1. The Balaban J connectivity index is 2.54. The van der Waals surface area contributed by atoms with Gasteiger partial charge in [0.25, 0.3) is 0 Å². The normalized spacial score (nSPS) is 11.5. The van der Waals surface area contributed by atoms with Crippen molar-refractivity contribution in [1.29, 1.82) is 0 Å². The molecule has 0 aliphatic carbocycles. The lowest BCUT2D eigenvalue weighted by atomic mass is 10.3. The Hall–Kier alpha value is -0.870. The topological polar surface area (TPSA) is 17.3 Å². The first-order valence-electron chi connectivity index (χ1n) is 4.29. The molecule has 0 saturated carbocycles. The van der Waals surface area contributed by atoms with Gasteiger partial charge < -0.3 is 0 Å². The van der Waals surface area contributed by atoms with E-state index in [0.717, 1.165) is 15.8 Å². The SMILES string of the molecule is BrCc1csc2nc3ccccc3n12. The van der Waals surface area contributed by atoms with Crippen LogP contribution in [-0.4, -0.2) is 9.38 Å². The van der Waals surface area contributed by atoms with Crippen molar-refractivity contribution in [2.45, 2.75) is 5.33 Å². The van der Waals surface area contributed by atoms with Gasteiger partial charge in [-0.25, -0.2) is 4.98 Å². The van der Waals surface area contributed by atoms with Gasteiger partial charge >= 0.3 is 0 Å². The first kappa shape index (κ1) is 8.44. The molecule has 0 spiro atoms. The van der Waals surface area contributed by atoms with Crippen molar-refractivity contribution < 1.29 is 0 Å². The highest BCUT2D eigenvalue weighted by molar-refractivity contribution is 9.08. The lowest BCUT2D eigenvalue weighted by Crippen LogP contribution is -1.85. The van der Waals surface area contributed by atoms with Crippen LogP contribution in [0.15, 0.2) is 29.6 Å². The highest BCUT2D eigenvalue weighted by atomic mass is 79.9. The fourth-order valence-corrected chi connectivity index (χ4v) is 3.15. The maximum atomic E-state index is 4.54. The molecule has 0 aliphatic heterocycles. The number of hydrogen-bond donors (Lipinski definition) is 0. The van der Waals surface area contributed by atoms with Gasteiger partial charge in [-0.2, -0.15) is 0 Å². The molecule has 0 aliphatic rings. The quantitative estimate of drug-likeness (QED) is 0.617. The Labute approximate surface area is 93.3 Å². The van der Waals surface area contributed by atoms with E-state index in [1.165, 1.54) is 11.2 Å². The molecular formula is C10H7BrN2S.